The number of fused-ring (bicyclic) bond motifs is 1. The maximum atomic E-state index is 11.4. The van der Waals surface area contributed by atoms with Gasteiger partial charge >= 0.3 is 0 Å². The minimum absolute atomic E-state index is 0.286. The molecular formula is C13H18O. The van der Waals surface area contributed by atoms with Crippen LogP contribution in [0.3, 0.4) is 0 Å². The van der Waals surface area contributed by atoms with Crippen LogP contribution < -0.4 is 0 Å². The second-order valence-electron chi connectivity index (χ2n) is 4.67. The highest BCUT2D eigenvalue weighted by atomic mass is 16.1. The van der Waals surface area contributed by atoms with Crippen molar-refractivity contribution in [2.75, 3.05) is 0 Å². The Morgan fingerprint density at radius 2 is 2.43 bits per heavy atom. The van der Waals surface area contributed by atoms with Gasteiger partial charge in [-0.25, -0.2) is 0 Å². The molecule has 0 aromatic heterocycles. The van der Waals surface area contributed by atoms with Gasteiger partial charge in [0.15, 0.2) is 5.78 Å². The molecule has 0 amide bonds. The van der Waals surface area contributed by atoms with Gasteiger partial charge in [-0.1, -0.05) is 25.0 Å². The van der Waals surface area contributed by atoms with E-state index >= 15 is 0 Å². The number of allylic oxidation sites excluding steroid dienone is 3. The topological polar surface area (TPSA) is 17.1 Å². The molecule has 76 valence electrons. The molecule has 0 spiro atoms. The van der Waals surface area contributed by atoms with E-state index in [-0.39, 0.29) is 5.41 Å². The fourth-order valence-electron chi connectivity index (χ4n) is 3.04. The van der Waals surface area contributed by atoms with E-state index in [1.54, 1.807) is 6.08 Å². The number of carbonyl (C=O) groups excluding carboxylic acids is 1. The lowest BCUT2D eigenvalue weighted by atomic mass is 9.61. The van der Waals surface area contributed by atoms with Crippen LogP contribution in [0.1, 0.15) is 38.5 Å². The lowest BCUT2D eigenvalue weighted by Crippen LogP contribution is -2.35. The summed E-state index contributed by atoms with van der Waals surface area (Å²) < 4.78 is 0. The molecule has 0 N–H and O–H groups in total. The van der Waals surface area contributed by atoms with Crippen LogP contribution in [0.25, 0.3) is 0 Å². The molecule has 0 unspecified atom stereocenters. The van der Waals surface area contributed by atoms with Crippen molar-refractivity contribution in [2.24, 2.45) is 11.3 Å². The Morgan fingerprint density at radius 1 is 1.57 bits per heavy atom. The Labute approximate surface area is 85.9 Å². The Morgan fingerprint density at radius 3 is 3.21 bits per heavy atom. The molecule has 1 heteroatoms. The third-order valence-corrected chi connectivity index (χ3v) is 3.83. The smallest absolute Gasteiger partial charge is 0.155 e. The van der Waals surface area contributed by atoms with Gasteiger partial charge < -0.3 is 0 Å². The molecule has 2 atom stereocenters. The van der Waals surface area contributed by atoms with Gasteiger partial charge in [-0.2, -0.15) is 0 Å². The maximum absolute atomic E-state index is 11.4. The van der Waals surface area contributed by atoms with Gasteiger partial charge in [-0.05, 0) is 36.7 Å². The Bertz CT molecular complexity index is 277. The summed E-state index contributed by atoms with van der Waals surface area (Å²) in [5.41, 5.74) is 0.286. The zero-order valence-electron chi connectivity index (χ0n) is 8.67. The van der Waals surface area contributed by atoms with E-state index in [9.17, 15) is 4.79 Å². The standard InChI is InChI=1S/C13H18O/c1-2-7-13-8-4-3-5-11(13)10-12(14)6-9-13/h2,6,9,11H,1,3-5,7-8,10H2/t11-,13-/m1/s1. The minimum atomic E-state index is 0.286. The molecule has 2 rings (SSSR count). The van der Waals surface area contributed by atoms with Crippen molar-refractivity contribution in [3.63, 3.8) is 0 Å². The van der Waals surface area contributed by atoms with E-state index in [1.807, 2.05) is 6.08 Å². The van der Waals surface area contributed by atoms with Crippen LogP contribution in [-0.4, -0.2) is 5.78 Å². The van der Waals surface area contributed by atoms with E-state index in [1.165, 1.54) is 25.7 Å². The molecule has 1 fully saturated rings. The van der Waals surface area contributed by atoms with Crippen LogP contribution in [-0.2, 0) is 4.79 Å². The maximum Gasteiger partial charge on any atom is 0.155 e. The van der Waals surface area contributed by atoms with Crippen LogP contribution in [0.15, 0.2) is 24.8 Å². The minimum Gasteiger partial charge on any atom is -0.295 e. The van der Waals surface area contributed by atoms with Crippen LogP contribution >= 0.6 is 0 Å². The van der Waals surface area contributed by atoms with Gasteiger partial charge in [-0.3, -0.25) is 4.79 Å². The third-order valence-electron chi connectivity index (χ3n) is 3.83. The van der Waals surface area contributed by atoms with Gasteiger partial charge in [0.2, 0.25) is 0 Å². The zero-order chi connectivity index (χ0) is 10.0. The summed E-state index contributed by atoms with van der Waals surface area (Å²) in [4.78, 5) is 11.4. The van der Waals surface area contributed by atoms with Crippen molar-refractivity contribution in [2.45, 2.75) is 38.5 Å². The van der Waals surface area contributed by atoms with Gasteiger partial charge in [-0.15, -0.1) is 6.58 Å². The molecule has 0 aromatic rings. The van der Waals surface area contributed by atoms with Gasteiger partial charge in [0.05, 0.1) is 0 Å². The molecule has 0 radical (unpaired) electrons. The second kappa shape index (κ2) is 3.72. The van der Waals surface area contributed by atoms with Crippen LogP contribution in [0.2, 0.25) is 0 Å². The first-order valence-electron chi connectivity index (χ1n) is 5.60. The normalized spacial score (nSPS) is 36.6. The van der Waals surface area contributed by atoms with E-state index in [0.29, 0.717) is 11.7 Å². The fraction of sp³-hybridized carbons (Fsp3) is 0.615. The summed E-state index contributed by atoms with van der Waals surface area (Å²) in [5, 5.41) is 0. The Hall–Kier alpha value is -0.850. The number of hydrogen-bond acceptors (Lipinski definition) is 1. The number of ketones is 1. The average Bonchev–Trinajstić information content (AvgIpc) is 2.19. The Balaban J connectivity index is 2.26. The van der Waals surface area contributed by atoms with Gasteiger partial charge in [0, 0.05) is 6.42 Å². The highest BCUT2D eigenvalue weighted by Crippen LogP contribution is 2.48. The fourth-order valence-corrected chi connectivity index (χ4v) is 3.04. The molecule has 0 bridgehead atoms. The largest absolute Gasteiger partial charge is 0.295 e. The van der Waals surface area contributed by atoms with Crippen LogP contribution in [0.4, 0.5) is 0 Å². The highest BCUT2D eigenvalue weighted by molar-refractivity contribution is 5.91. The van der Waals surface area contributed by atoms with Crippen molar-refractivity contribution in [3.05, 3.63) is 24.8 Å². The quantitative estimate of drug-likeness (QED) is 0.611. The summed E-state index contributed by atoms with van der Waals surface area (Å²) in [6, 6.07) is 0. The lowest BCUT2D eigenvalue weighted by molar-refractivity contribution is -0.117. The number of carbonyl (C=O) groups is 1. The first kappa shape index (κ1) is 9.70. The number of hydrogen-bond donors (Lipinski definition) is 0. The molecule has 0 aliphatic heterocycles. The van der Waals surface area contributed by atoms with Crippen molar-refractivity contribution in [1.29, 1.82) is 0 Å². The average molecular weight is 190 g/mol. The summed E-state index contributed by atoms with van der Waals surface area (Å²) in [5.74, 6) is 0.906. The van der Waals surface area contributed by atoms with E-state index in [4.69, 9.17) is 0 Å². The van der Waals surface area contributed by atoms with Crippen molar-refractivity contribution in [1.82, 2.24) is 0 Å². The summed E-state index contributed by atoms with van der Waals surface area (Å²) in [6.07, 6.45) is 12.9. The summed E-state index contributed by atoms with van der Waals surface area (Å²) >= 11 is 0. The molecule has 0 heterocycles. The molecular weight excluding hydrogens is 172 g/mol. The van der Waals surface area contributed by atoms with Crippen molar-refractivity contribution >= 4 is 5.78 Å². The summed E-state index contributed by atoms with van der Waals surface area (Å²) in [6.45, 7) is 3.84. The van der Waals surface area contributed by atoms with E-state index in [0.717, 1.165) is 12.8 Å². The summed E-state index contributed by atoms with van der Waals surface area (Å²) in [7, 11) is 0. The van der Waals surface area contributed by atoms with Gasteiger partial charge in [0.1, 0.15) is 0 Å². The number of rotatable bonds is 2. The first-order valence-corrected chi connectivity index (χ1v) is 5.60. The van der Waals surface area contributed by atoms with Gasteiger partial charge in [0.25, 0.3) is 0 Å². The molecule has 2 aliphatic rings. The zero-order valence-corrected chi connectivity index (χ0v) is 8.67. The molecule has 1 nitrogen and oxygen atoms in total. The van der Waals surface area contributed by atoms with Crippen LogP contribution in [0, 0.1) is 11.3 Å². The highest BCUT2D eigenvalue weighted by Gasteiger charge is 2.40. The van der Waals surface area contributed by atoms with Crippen molar-refractivity contribution < 1.29 is 4.79 Å². The first-order chi connectivity index (χ1) is 6.77. The molecule has 14 heavy (non-hydrogen) atoms. The van der Waals surface area contributed by atoms with Crippen molar-refractivity contribution in [3.8, 4) is 0 Å². The van der Waals surface area contributed by atoms with Crippen LogP contribution in [0.5, 0.6) is 0 Å². The second-order valence-corrected chi connectivity index (χ2v) is 4.67. The SMILES string of the molecule is C=CC[C@@]12C=CC(=O)C[C@H]1CCCC2. The monoisotopic (exact) mass is 190 g/mol. The molecule has 0 saturated heterocycles. The van der Waals surface area contributed by atoms with E-state index in [2.05, 4.69) is 12.7 Å². The van der Waals surface area contributed by atoms with E-state index < -0.39 is 0 Å². The molecule has 1 saturated carbocycles. The lowest BCUT2D eigenvalue weighted by Gasteiger charge is -2.43. The third kappa shape index (κ3) is 1.56. The predicted molar refractivity (Wildman–Crippen MR) is 58.0 cm³/mol. The Kier molecular flexibility index (Phi) is 2.58. The molecule has 0 aromatic carbocycles. The predicted octanol–water partition coefficient (Wildman–Crippen LogP) is 3.27. The molecule has 2 aliphatic carbocycles.